The first kappa shape index (κ1) is 23.8. The Balaban J connectivity index is 1.60. The number of benzene rings is 1. The number of cyclic esters (lactones) is 1. The number of piperidine rings is 1. The summed E-state index contributed by atoms with van der Waals surface area (Å²) in [6.07, 6.45) is 0.984. The zero-order valence-corrected chi connectivity index (χ0v) is 19.9. The lowest BCUT2D eigenvalue weighted by Gasteiger charge is -2.40. The van der Waals surface area contributed by atoms with E-state index >= 15 is 0 Å². The maximum absolute atomic E-state index is 12.6. The van der Waals surface area contributed by atoms with Crippen LogP contribution in [0.2, 0.25) is 5.02 Å². The summed E-state index contributed by atoms with van der Waals surface area (Å²) in [5.74, 6) is -1.81. The molecule has 0 radical (unpaired) electrons. The number of fused-ring (bicyclic) bond motifs is 1. The number of ether oxygens (including phenoxy) is 1. The van der Waals surface area contributed by atoms with Crippen LogP contribution in [0.5, 0.6) is 0 Å². The maximum atomic E-state index is 12.6. The third kappa shape index (κ3) is 4.40. The van der Waals surface area contributed by atoms with Gasteiger partial charge in [0.15, 0.2) is 0 Å². The number of para-hydroxylation sites is 1. The quantitative estimate of drug-likeness (QED) is 0.645. The Morgan fingerprint density at radius 2 is 1.85 bits per heavy atom. The van der Waals surface area contributed by atoms with Crippen molar-refractivity contribution in [3.63, 3.8) is 0 Å². The van der Waals surface area contributed by atoms with Gasteiger partial charge in [0.2, 0.25) is 5.91 Å². The van der Waals surface area contributed by atoms with Crippen LogP contribution >= 0.6 is 11.6 Å². The molecule has 1 aromatic carbocycles. The van der Waals surface area contributed by atoms with E-state index in [2.05, 4.69) is 4.98 Å². The van der Waals surface area contributed by atoms with Gasteiger partial charge in [0.25, 0.3) is 5.91 Å². The summed E-state index contributed by atoms with van der Waals surface area (Å²) in [6.45, 7) is 5.08. The number of nitrogens with zero attached hydrogens (tertiary/aromatic N) is 3. The molecule has 4 rings (SSSR count). The highest BCUT2D eigenvalue weighted by Crippen LogP contribution is 2.36. The number of hydrogen-bond donors (Lipinski definition) is 2. The van der Waals surface area contributed by atoms with Gasteiger partial charge in [-0.3, -0.25) is 14.5 Å². The lowest BCUT2D eigenvalue weighted by atomic mass is 9.88. The first-order chi connectivity index (χ1) is 16.2. The number of aromatic nitrogens is 1. The van der Waals surface area contributed by atoms with E-state index < -0.39 is 17.7 Å². The smallest absolute Gasteiger partial charge is 0.414 e. The second kappa shape index (κ2) is 9.50. The Morgan fingerprint density at radius 1 is 1.18 bits per heavy atom. The fraction of sp³-hybridized carbons (Fsp3) is 0.417. The fourth-order valence-corrected chi connectivity index (χ4v) is 5.06. The number of hydrogen-bond acceptors (Lipinski definition) is 6. The van der Waals surface area contributed by atoms with E-state index in [0.717, 1.165) is 11.3 Å². The molecule has 1 fully saturated rings. The Bertz CT molecular complexity index is 1130. The van der Waals surface area contributed by atoms with Crippen LogP contribution in [0.15, 0.2) is 30.3 Å². The van der Waals surface area contributed by atoms with Gasteiger partial charge in [-0.1, -0.05) is 43.6 Å². The van der Waals surface area contributed by atoms with Crippen LogP contribution in [0.4, 0.5) is 16.3 Å². The topological polar surface area (TPSA) is 132 Å². The number of halogens is 1. The summed E-state index contributed by atoms with van der Waals surface area (Å²) < 4.78 is 5.38. The number of pyridine rings is 1. The van der Waals surface area contributed by atoms with Crippen molar-refractivity contribution in [3.8, 4) is 0 Å². The van der Waals surface area contributed by atoms with Gasteiger partial charge in [0, 0.05) is 24.7 Å². The van der Waals surface area contributed by atoms with Crippen LogP contribution in [-0.4, -0.2) is 42.0 Å². The molecule has 0 saturated carbocycles. The summed E-state index contributed by atoms with van der Waals surface area (Å²) in [6, 6.07) is 9.15. The van der Waals surface area contributed by atoms with Crippen molar-refractivity contribution in [2.75, 3.05) is 22.9 Å². The lowest BCUT2D eigenvalue weighted by molar-refractivity contribution is -0.120. The van der Waals surface area contributed by atoms with Crippen molar-refractivity contribution < 1.29 is 19.1 Å². The number of carbonyl (C=O) groups is 3. The van der Waals surface area contributed by atoms with Crippen molar-refractivity contribution in [2.45, 2.75) is 45.3 Å². The van der Waals surface area contributed by atoms with Gasteiger partial charge >= 0.3 is 6.09 Å². The molecule has 0 unspecified atom stereocenters. The molecule has 2 aromatic rings. The maximum Gasteiger partial charge on any atom is 0.414 e. The van der Waals surface area contributed by atoms with Crippen molar-refractivity contribution in [1.29, 1.82) is 0 Å². The molecule has 10 heteroatoms. The van der Waals surface area contributed by atoms with Crippen molar-refractivity contribution in [3.05, 3.63) is 52.2 Å². The Kier molecular flexibility index (Phi) is 6.65. The number of carbonyl (C=O) groups excluding carboxylic acids is 3. The molecular formula is C24H28ClN5O4. The van der Waals surface area contributed by atoms with Crippen LogP contribution in [0, 0.1) is 5.92 Å². The second-order valence-electron chi connectivity index (χ2n) is 8.99. The summed E-state index contributed by atoms with van der Waals surface area (Å²) in [4.78, 5) is 45.2. The summed E-state index contributed by atoms with van der Waals surface area (Å²) >= 11 is 6.51. The van der Waals surface area contributed by atoms with E-state index in [1.165, 1.54) is 6.07 Å². The molecule has 1 aromatic heterocycles. The minimum absolute atomic E-state index is 0.0395. The molecule has 34 heavy (non-hydrogen) atoms. The van der Waals surface area contributed by atoms with Gasteiger partial charge < -0.3 is 21.1 Å². The zero-order chi connectivity index (χ0) is 24.6. The number of rotatable bonds is 6. The molecule has 0 bridgehead atoms. The van der Waals surface area contributed by atoms with Gasteiger partial charge in [-0.15, -0.1) is 0 Å². The van der Waals surface area contributed by atoms with E-state index in [1.54, 1.807) is 4.90 Å². The highest BCUT2D eigenvalue weighted by Gasteiger charge is 2.35. The van der Waals surface area contributed by atoms with Crippen LogP contribution < -0.4 is 21.3 Å². The first-order valence-corrected chi connectivity index (χ1v) is 11.6. The normalized spacial score (nSPS) is 17.4. The summed E-state index contributed by atoms with van der Waals surface area (Å²) in [7, 11) is 0. The first-order valence-electron chi connectivity index (χ1n) is 11.3. The molecular weight excluding hydrogens is 458 g/mol. The molecule has 9 nitrogen and oxygen atoms in total. The second-order valence-corrected chi connectivity index (χ2v) is 9.39. The van der Waals surface area contributed by atoms with Gasteiger partial charge in [0.05, 0.1) is 27.9 Å². The Morgan fingerprint density at radius 3 is 2.47 bits per heavy atom. The summed E-state index contributed by atoms with van der Waals surface area (Å²) in [5.41, 5.74) is 13.4. The molecule has 0 aliphatic carbocycles. The molecule has 2 aliphatic heterocycles. The average Bonchev–Trinajstić information content (AvgIpc) is 2.79. The van der Waals surface area contributed by atoms with Crippen molar-refractivity contribution in [2.24, 2.45) is 17.4 Å². The number of amides is 3. The minimum atomic E-state index is -0.782. The third-order valence-electron chi connectivity index (χ3n) is 6.45. The molecule has 4 N–H and O–H groups in total. The van der Waals surface area contributed by atoms with Crippen LogP contribution in [0.25, 0.3) is 0 Å². The van der Waals surface area contributed by atoms with Crippen LogP contribution in [0.3, 0.4) is 0 Å². The molecule has 1 atom stereocenters. The van der Waals surface area contributed by atoms with Crippen molar-refractivity contribution in [1.82, 2.24) is 4.98 Å². The monoisotopic (exact) mass is 485 g/mol. The van der Waals surface area contributed by atoms with Gasteiger partial charge in [-0.2, -0.15) is 0 Å². The molecule has 0 spiro atoms. The predicted molar refractivity (Wildman–Crippen MR) is 129 cm³/mol. The molecule has 3 heterocycles. The van der Waals surface area contributed by atoms with Crippen LogP contribution in [0.1, 0.15) is 54.2 Å². The van der Waals surface area contributed by atoms with E-state index in [-0.39, 0.29) is 40.9 Å². The van der Waals surface area contributed by atoms with Gasteiger partial charge in [-0.05, 0) is 30.9 Å². The number of anilines is 2. The molecule has 180 valence electrons. The highest BCUT2D eigenvalue weighted by atomic mass is 35.5. The largest absolute Gasteiger partial charge is 0.444 e. The number of nitrogens with two attached hydrogens (primary N) is 2. The zero-order valence-electron chi connectivity index (χ0n) is 19.2. The lowest BCUT2D eigenvalue weighted by Crippen LogP contribution is -2.49. The van der Waals surface area contributed by atoms with E-state index in [0.29, 0.717) is 31.7 Å². The van der Waals surface area contributed by atoms with Gasteiger partial charge in [-0.25, -0.2) is 9.78 Å². The SMILES string of the molecule is CC(C)[C@@H](C(N)=O)c1nc(N2CCC(N3C(=O)OCc4ccccc43)CC2)c(Cl)cc1C(N)=O. The van der Waals surface area contributed by atoms with E-state index in [9.17, 15) is 14.4 Å². The van der Waals surface area contributed by atoms with Crippen molar-refractivity contribution >= 4 is 41.0 Å². The number of primary amides is 2. The molecule has 3 amide bonds. The Labute approximate surface area is 203 Å². The molecule has 1 saturated heterocycles. The van der Waals surface area contributed by atoms with E-state index in [4.69, 9.17) is 27.8 Å². The fourth-order valence-electron chi connectivity index (χ4n) is 4.79. The van der Waals surface area contributed by atoms with Crippen LogP contribution in [-0.2, 0) is 16.1 Å². The van der Waals surface area contributed by atoms with E-state index in [1.807, 2.05) is 43.0 Å². The highest BCUT2D eigenvalue weighted by molar-refractivity contribution is 6.33. The average molecular weight is 486 g/mol. The predicted octanol–water partition coefficient (Wildman–Crippen LogP) is 3.18. The Hall–Kier alpha value is -3.33. The third-order valence-corrected chi connectivity index (χ3v) is 6.73. The van der Waals surface area contributed by atoms with Gasteiger partial charge in [0.1, 0.15) is 12.4 Å². The summed E-state index contributed by atoms with van der Waals surface area (Å²) in [5, 5.41) is 0.269. The minimum Gasteiger partial charge on any atom is -0.444 e. The molecule has 2 aliphatic rings. The standard InChI is InChI=1S/C24H28ClN5O4/c1-13(2)19(22(27)32)20-16(21(26)31)11-17(25)23(28-20)29-9-7-15(8-10-29)30-18-6-4-3-5-14(18)12-34-24(30)33/h3-6,11,13,15,19H,7-10,12H2,1-2H3,(H2,26,31)(H2,27,32)/t19-/m1/s1.